The lowest BCUT2D eigenvalue weighted by Crippen LogP contribution is -2.29. The van der Waals surface area contributed by atoms with Gasteiger partial charge in [0.15, 0.2) is 0 Å². The third-order valence-electron chi connectivity index (χ3n) is 15.1. The third-order valence-corrected chi connectivity index (χ3v) is 15.1. The van der Waals surface area contributed by atoms with Gasteiger partial charge < -0.3 is 14.1 Å². The van der Waals surface area contributed by atoms with Gasteiger partial charge in [-0.1, -0.05) is 188 Å². The summed E-state index contributed by atoms with van der Waals surface area (Å²) in [5.41, 5.74) is 23.1. The Morgan fingerprint density at radius 3 is 1.51 bits per heavy atom. The van der Waals surface area contributed by atoms with E-state index < -0.39 is 5.41 Å². The predicted octanol–water partition coefficient (Wildman–Crippen LogP) is 18.2. The van der Waals surface area contributed by atoms with E-state index in [0.29, 0.717) is 0 Å². The zero-order valence-electron chi connectivity index (χ0n) is 37.9. The quantitative estimate of drug-likeness (QED) is 0.176. The monoisotopic (exact) mass is 891 g/mol. The van der Waals surface area contributed by atoms with Gasteiger partial charge >= 0.3 is 0 Å². The molecule has 3 nitrogen and oxygen atoms in total. The highest BCUT2D eigenvalue weighted by molar-refractivity contribution is 6.09. The average Bonchev–Trinajstić information content (AvgIpc) is 3.85. The predicted molar refractivity (Wildman–Crippen MR) is 287 cm³/mol. The Morgan fingerprint density at radius 2 is 0.786 bits per heavy atom. The molecule has 1 atom stereocenters. The van der Waals surface area contributed by atoms with Crippen LogP contribution in [0.4, 0.5) is 17.1 Å². The lowest BCUT2D eigenvalue weighted by molar-refractivity contribution is 0.488. The first-order valence-corrected chi connectivity index (χ1v) is 24.1. The van der Waals surface area contributed by atoms with Crippen LogP contribution in [0, 0.1) is 0 Å². The number of hydrogen-bond donors (Lipinski definition) is 0. The lowest BCUT2D eigenvalue weighted by atomic mass is 9.65. The van der Waals surface area contributed by atoms with Crippen molar-refractivity contribution < 1.29 is 9.15 Å². The molecule has 0 bridgehead atoms. The van der Waals surface area contributed by atoms with Crippen molar-refractivity contribution in [2.24, 2.45) is 0 Å². The van der Waals surface area contributed by atoms with Gasteiger partial charge in [0, 0.05) is 38.8 Å². The Bertz CT molecular complexity index is 4130. The van der Waals surface area contributed by atoms with Crippen LogP contribution in [0.15, 0.2) is 253 Å². The Labute approximate surface area is 405 Å². The summed E-state index contributed by atoms with van der Waals surface area (Å²) in [6.45, 7) is 0. The van der Waals surface area contributed by atoms with Crippen LogP contribution in [0.2, 0.25) is 0 Å². The second-order valence-corrected chi connectivity index (χ2v) is 18.7. The number of anilines is 3. The molecule has 70 heavy (non-hydrogen) atoms. The van der Waals surface area contributed by atoms with Crippen molar-refractivity contribution in [1.29, 1.82) is 0 Å². The molecule has 2 heterocycles. The molecule has 11 aromatic carbocycles. The molecule has 0 radical (unpaired) electrons. The van der Waals surface area contributed by atoms with E-state index in [4.69, 9.17) is 9.15 Å². The van der Waals surface area contributed by atoms with Crippen LogP contribution in [0.1, 0.15) is 22.3 Å². The van der Waals surface area contributed by atoms with Crippen molar-refractivity contribution in [3.05, 3.63) is 271 Å². The van der Waals surface area contributed by atoms with Crippen LogP contribution in [0.3, 0.4) is 0 Å². The molecule has 0 saturated heterocycles. The molecular formula is C67H41NO2. The fourth-order valence-corrected chi connectivity index (χ4v) is 12.2. The summed E-state index contributed by atoms with van der Waals surface area (Å²) in [5, 5.41) is 2.25. The van der Waals surface area contributed by atoms with E-state index in [0.717, 1.165) is 83.9 Å². The van der Waals surface area contributed by atoms with Crippen molar-refractivity contribution in [2.75, 3.05) is 4.90 Å². The summed E-state index contributed by atoms with van der Waals surface area (Å²) < 4.78 is 13.5. The molecule has 1 aliphatic heterocycles. The van der Waals surface area contributed by atoms with E-state index in [1.54, 1.807) is 0 Å². The summed E-state index contributed by atoms with van der Waals surface area (Å²) in [5.74, 6) is 1.69. The summed E-state index contributed by atoms with van der Waals surface area (Å²) in [6, 6.07) is 90.9. The number of furan rings is 1. The molecular weight excluding hydrogens is 851 g/mol. The maximum Gasteiger partial charge on any atom is 0.135 e. The molecule has 15 rings (SSSR count). The second-order valence-electron chi connectivity index (χ2n) is 18.7. The van der Waals surface area contributed by atoms with Crippen molar-refractivity contribution in [2.45, 2.75) is 5.41 Å². The highest BCUT2D eigenvalue weighted by Gasteiger charge is 2.50. The minimum atomic E-state index is -0.738. The number of benzene rings is 11. The number of para-hydroxylation sites is 4. The van der Waals surface area contributed by atoms with Crippen LogP contribution in [-0.4, -0.2) is 0 Å². The number of hydrogen-bond acceptors (Lipinski definition) is 3. The number of nitrogens with zero attached hydrogens (tertiary/aromatic N) is 1. The number of rotatable bonds is 4. The highest BCUT2D eigenvalue weighted by atomic mass is 16.5. The minimum absolute atomic E-state index is 0.738. The number of ether oxygens (including phenoxy) is 1. The summed E-state index contributed by atoms with van der Waals surface area (Å²) in [6.07, 6.45) is 0. The lowest BCUT2D eigenvalue weighted by Gasteiger charge is -2.36. The SMILES string of the molecule is c1ccc(-c2ccccc2N(c2ccc3c(c2)-c2ccccc2Oc2ccccc2-3)c2ccc3c(c2)C2(c4ccccc4-c4ccccc4-3)c3ccccc3-c3cc4c(cc32)oc2ccccc24)cc1. The zero-order chi connectivity index (χ0) is 45.9. The van der Waals surface area contributed by atoms with E-state index in [2.05, 4.69) is 248 Å². The van der Waals surface area contributed by atoms with Crippen molar-refractivity contribution in [3.63, 3.8) is 0 Å². The highest BCUT2D eigenvalue weighted by Crippen LogP contribution is 2.63. The van der Waals surface area contributed by atoms with Gasteiger partial charge in [-0.3, -0.25) is 0 Å². The second kappa shape index (κ2) is 14.9. The molecule has 0 amide bonds. The normalized spacial score (nSPS) is 14.5. The molecule has 0 N–H and O–H groups in total. The summed E-state index contributed by atoms with van der Waals surface area (Å²) in [7, 11) is 0. The van der Waals surface area contributed by atoms with Gasteiger partial charge in [0.2, 0.25) is 0 Å². The van der Waals surface area contributed by atoms with Crippen LogP contribution in [-0.2, 0) is 5.41 Å². The molecule has 12 aromatic rings. The van der Waals surface area contributed by atoms with Crippen molar-refractivity contribution in [1.82, 2.24) is 0 Å². The van der Waals surface area contributed by atoms with Gasteiger partial charge in [-0.05, 0) is 133 Å². The van der Waals surface area contributed by atoms with E-state index in [1.165, 1.54) is 55.6 Å². The van der Waals surface area contributed by atoms with Gasteiger partial charge in [0.05, 0.1) is 11.1 Å². The first-order valence-electron chi connectivity index (χ1n) is 24.1. The smallest absolute Gasteiger partial charge is 0.135 e. The van der Waals surface area contributed by atoms with E-state index in [9.17, 15) is 0 Å². The largest absolute Gasteiger partial charge is 0.456 e. The first kappa shape index (κ1) is 38.9. The maximum atomic E-state index is 6.80. The molecule has 1 aromatic heterocycles. The molecule has 3 aliphatic rings. The molecule has 0 saturated carbocycles. The first-order chi connectivity index (χ1) is 34.7. The van der Waals surface area contributed by atoms with Gasteiger partial charge in [-0.15, -0.1) is 0 Å². The molecule has 1 unspecified atom stereocenters. The Kier molecular flexibility index (Phi) is 8.28. The van der Waals surface area contributed by atoms with Crippen molar-refractivity contribution >= 4 is 39.0 Å². The number of fused-ring (bicyclic) bond motifs is 20. The van der Waals surface area contributed by atoms with E-state index in [-0.39, 0.29) is 0 Å². The van der Waals surface area contributed by atoms with E-state index >= 15 is 0 Å². The van der Waals surface area contributed by atoms with Gasteiger partial charge in [0.25, 0.3) is 0 Å². The molecule has 2 aliphatic carbocycles. The summed E-state index contributed by atoms with van der Waals surface area (Å²) >= 11 is 0. The minimum Gasteiger partial charge on any atom is -0.456 e. The van der Waals surface area contributed by atoms with Gasteiger partial charge in [-0.2, -0.15) is 0 Å². The Hall–Kier alpha value is -9.18. The fourth-order valence-electron chi connectivity index (χ4n) is 12.2. The Morgan fingerprint density at radius 1 is 0.286 bits per heavy atom. The van der Waals surface area contributed by atoms with Crippen molar-refractivity contribution in [3.8, 4) is 78.3 Å². The van der Waals surface area contributed by atoms with Crippen LogP contribution >= 0.6 is 0 Å². The topological polar surface area (TPSA) is 25.6 Å². The summed E-state index contributed by atoms with van der Waals surface area (Å²) in [4.78, 5) is 2.48. The molecule has 0 fully saturated rings. The molecule has 326 valence electrons. The molecule has 3 heteroatoms. The van der Waals surface area contributed by atoms with Crippen LogP contribution in [0.25, 0.3) is 88.7 Å². The van der Waals surface area contributed by atoms with Crippen LogP contribution < -0.4 is 9.64 Å². The molecule has 1 spiro atoms. The average molecular weight is 892 g/mol. The fraction of sp³-hybridized carbons (Fsp3) is 0.0149. The Balaban J connectivity index is 1.06. The third kappa shape index (κ3) is 5.46. The van der Waals surface area contributed by atoms with Crippen LogP contribution in [0.5, 0.6) is 11.5 Å². The maximum absolute atomic E-state index is 6.80. The zero-order valence-corrected chi connectivity index (χ0v) is 37.9. The van der Waals surface area contributed by atoms with E-state index in [1.807, 2.05) is 6.07 Å². The standard InChI is InChI=1S/C67H41NO2/c1-2-18-42(19-3-1)45-20-8-14-30-62(45)68(43-34-36-48-52-25-9-15-31-63(52)69-64-32-16-10-26-53(64)55(48)38-43)44-35-37-51-47-22-5-4-21-46(47)49-23-6-12-28-58(49)67(60(51)39-44)59-29-13-7-24-50(59)56-40-57-54-27-11-17-33-65(54)70-66(57)41-61(56)67/h1-41H. The van der Waals surface area contributed by atoms with Gasteiger partial charge in [0.1, 0.15) is 22.7 Å². The van der Waals surface area contributed by atoms with Gasteiger partial charge in [-0.25, -0.2) is 0 Å².